The van der Waals surface area contributed by atoms with Gasteiger partial charge in [-0.25, -0.2) is 4.68 Å². The van der Waals surface area contributed by atoms with Crippen molar-refractivity contribution < 1.29 is 4.74 Å². The molecule has 0 saturated heterocycles. The number of hydrogen-bond acceptors (Lipinski definition) is 4. The molecule has 7 nitrogen and oxygen atoms in total. The van der Waals surface area contributed by atoms with Crippen molar-refractivity contribution in [2.45, 2.75) is 13.0 Å². The second kappa shape index (κ2) is 9.38. The molecule has 1 unspecified atom stereocenters. The predicted molar refractivity (Wildman–Crippen MR) is 106 cm³/mol. The molecule has 7 heteroatoms. The molecule has 1 atom stereocenters. The minimum absolute atomic E-state index is 0.0888. The second-order valence-corrected chi connectivity index (χ2v) is 5.95. The lowest BCUT2D eigenvalue weighted by Crippen LogP contribution is -2.40. The standard InChI is InChI=1S/C20H24N6O/c1-16(17-6-3-7-18(14-17)26-12-5-10-24-26)25-20(21-2)23-11-13-27-19-8-4-9-22-15-19/h3-10,12,14-16H,11,13H2,1-2H3,(H2,21,23,25). The Morgan fingerprint density at radius 3 is 2.89 bits per heavy atom. The molecule has 3 aromatic rings. The van der Waals surface area contributed by atoms with Crippen LogP contribution in [-0.2, 0) is 0 Å². The number of nitrogens with zero attached hydrogens (tertiary/aromatic N) is 4. The Hall–Kier alpha value is -3.35. The van der Waals surface area contributed by atoms with Crippen molar-refractivity contribution in [1.29, 1.82) is 0 Å². The van der Waals surface area contributed by atoms with E-state index in [2.05, 4.69) is 44.8 Å². The average Bonchev–Trinajstić information content (AvgIpc) is 3.26. The summed E-state index contributed by atoms with van der Waals surface area (Å²) in [6.07, 6.45) is 7.12. The molecule has 0 amide bonds. The predicted octanol–water partition coefficient (Wildman–Crippen LogP) is 2.57. The lowest BCUT2D eigenvalue weighted by Gasteiger charge is -2.19. The van der Waals surface area contributed by atoms with Crippen molar-refractivity contribution >= 4 is 5.96 Å². The normalized spacial score (nSPS) is 12.4. The molecule has 0 aliphatic carbocycles. The van der Waals surface area contributed by atoms with Crippen molar-refractivity contribution in [2.24, 2.45) is 4.99 Å². The van der Waals surface area contributed by atoms with Gasteiger partial charge in [0.25, 0.3) is 0 Å². The fourth-order valence-electron chi connectivity index (χ4n) is 2.61. The average molecular weight is 364 g/mol. The first kappa shape index (κ1) is 18.4. The van der Waals surface area contributed by atoms with E-state index in [0.717, 1.165) is 23.0 Å². The number of benzene rings is 1. The van der Waals surface area contributed by atoms with Gasteiger partial charge in [0.1, 0.15) is 12.4 Å². The number of nitrogens with one attached hydrogen (secondary N) is 2. The number of rotatable bonds is 7. The minimum atomic E-state index is 0.0888. The van der Waals surface area contributed by atoms with E-state index < -0.39 is 0 Å². The third kappa shape index (κ3) is 5.31. The minimum Gasteiger partial charge on any atom is -0.490 e. The topological polar surface area (TPSA) is 76.4 Å². The summed E-state index contributed by atoms with van der Waals surface area (Å²) in [5, 5.41) is 10.9. The first-order valence-electron chi connectivity index (χ1n) is 8.86. The summed E-state index contributed by atoms with van der Waals surface area (Å²) >= 11 is 0. The van der Waals surface area contributed by atoms with Gasteiger partial charge in [-0.1, -0.05) is 12.1 Å². The highest BCUT2D eigenvalue weighted by molar-refractivity contribution is 5.80. The Morgan fingerprint density at radius 1 is 1.22 bits per heavy atom. The molecule has 0 radical (unpaired) electrons. The maximum absolute atomic E-state index is 5.63. The molecule has 0 saturated carbocycles. The van der Waals surface area contributed by atoms with Crippen LogP contribution in [0.25, 0.3) is 5.69 Å². The van der Waals surface area contributed by atoms with Crippen LogP contribution < -0.4 is 15.4 Å². The van der Waals surface area contributed by atoms with Crippen LogP contribution in [0, 0.1) is 0 Å². The molecule has 1 aromatic carbocycles. The molecule has 0 bridgehead atoms. The zero-order valence-electron chi connectivity index (χ0n) is 15.5. The summed E-state index contributed by atoms with van der Waals surface area (Å²) in [4.78, 5) is 8.30. The Labute approximate surface area is 159 Å². The molecule has 2 N–H and O–H groups in total. The van der Waals surface area contributed by atoms with Crippen molar-refractivity contribution in [2.75, 3.05) is 20.2 Å². The van der Waals surface area contributed by atoms with Crippen LogP contribution in [0.15, 0.2) is 72.2 Å². The number of guanidine groups is 1. The third-order valence-corrected chi connectivity index (χ3v) is 4.01. The van der Waals surface area contributed by atoms with E-state index >= 15 is 0 Å². The van der Waals surface area contributed by atoms with Gasteiger partial charge in [-0.05, 0) is 42.8 Å². The van der Waals surface area contributed by atoms with Gasteiger partial charge >= 0.3 is 0 Å². The number of ether oxygens (including phenoxy) is 1. The fourth-order valence-corrected chi connectivity index (χ4v) is 2.61. The van der Waals surface area contributed by atoms with Crippen molar-refractivity contribution in [3.63, 3.8) is 0 Å². The van der Waals surface area contributed by atoms with Gasteiger partial charge in [0.15, 0.2) is 5.96 Å². The van der Waals surface area contributed by atoms with E-state index in [9.17, 15) is 0 Å². The van der Waals surface area contributed by atoms with Gasteiger partial charge < -0.3 is 15.4 Å². The summed E-state index contributed by atoms with van der Waals surface area (Å²) < 4.78 is 7.48. The maximum atomic E-state index is 5.63. The van der Waals surface area contributed by atoms with Crippen LogP contribution >= 0.6 is 0 Å². The monoisotopic (exact) mass is 364 g/mol. The SMILES string of the molecule is CN=C(NCCOc1cccnc1)NC(C)c1cccc(-n2cccn2)c1. The van der Waals surface area contributed by atoms with E-state index in [1.807, 2.05) is 41.2 Å². The van der Waals surface area contributed by atoms with Crippen LogP contribution in [0.5, 0.6) is 5.75 Å². The molecule has 27 heavy (non-hydrogen) atoms. The first-order valence-corrected chi connectivity index (χ1v) is 8.86. The lowest BCUT2D eigenvalue weighted by atomic mass is 10.1. The molecule has 0 spiro atoms. The highest BCUT2D eigenvalue weighted by atomic mass is 16.5. The van der Waals surface area contributed by atoms with Crippen LogP contribution in [-0.4, -0.2) is 40.9 Å². The Kier molecular flexibility index (Phi) is 6.40. The molecule has 140 valence electrons. The number of hydrogen-bond donors (Lipinski definition) is 2. The van der Waals surface area contributed by atoms with E-state index in [0.29, 0.717) is 13.2 Å². The first-order chi connectivity index (χ1) is 13.3. The van der Waals surface area contributed by atoms with Crippen LogP contribution in [0.1, 0.15) is 18.5 Å². The molecule has 0 aliphatic rings. The Bertz CT molecular complexity index is 848. The Balaban J connectivity index is 1.51. The molecular formula is C20H24N6O. The van der Waals surface area contributed by atoms with E-state index in [4.69, 9.17) is 4.74 Å². The molecule has 0 aliphatic heterocycles. The number of aromatic nitrogens is 3. The maximum Gasteiger partial charge on any atom is 0.191 e. The smallest absolute Gasteiger partial charge is 0.191 e. The quantitative estimate of drug-likeness (QED) is 0.383. The summed E-state index contributed by atoms with van der Waals surface area (Å²) in [6.45, 7) is 3.26. The van der Waals surface area contributed by atoms with Gasteiger partial charge in [0.05, 0.1) is 24.5 Å². The molecule has 2 heterocycles. The van der Waals surface area contributed by atoms with Crippen molar-refractivity contribution in [3.8, 4) is 11.4 Å². The highest BCUT2D eigenvalue weighted by Crippen LogP contribution is 2.16. The lowest BCUT2D eigenvalue weighted by molar-refractivity contribution is 0.320. The molecular weight excluding hydrogens is 340 g/mol. The summed E-state index contributed by atoms with van der Waals surface area (Å²) in [7, 11) is 1.75. The van der Waals surface area contributed by atoms with Crippen molar-refractivity contribution in [3.05, 3.63) is 72.8 Å². The summed E-state index contributed by atoms with van der Waals surface area (Å²) in [6, 6.07) is 14.0. The van der Waals surface area contributed by atoms with Crippen LogP contribution in [0.2, 0.25) is 0 Å². The van der Waals surface area contributed by atoms with Gasteiger partial charge in [-0.2, -0.15) is 5.10 Å². The highest BCUT2D eigenvalue weighted by Gasteiger charge is 2.09. The molecule has 0 fully saturated rings. The van der Waals surface area contributed by atoms with Gasteiger partial charge in [-0.3, -0.25) is 9.98 Å². The van der Waals surface area contributed by atoms with Crippen LogP contribution in [0.4, 0.5) is 0 Å². The zero-order chi connectivity index (χ0) is 18.9. The summed E-state index contributed by atoms with van der Waals surface area (Å²) in [5.41, 5.74) is 2.18. The van der Waals surface area contributed by atoms with Crippen LogP contribution in [0.3, 0.4) is 0 Å². The van der Waals surface area contributed by atoms with E-state index in [-0.39, 0.29) is 6.04 Å². The number of aliphatic imine (C=N–C) groups is 1. The van der Waals surface area contributed by atoms with Gasteiger partial charge in [0.2, 0.25) is 0 Å². The van der Waals surface area contributed by atoms with E-state index in [1.165, 1.54) is 0 Å². The fraction of sp³-hybridized carbons (Fsp3) is 0.250. The van der Waals surface area contributed by atoms with Gasteiger partial charge in [0, 0.05) is 25.6 Å². The third-order valence-electron chi connectivity index (χ3n) is 4.01. The zero-order valence-corrected chi connectivity index (χ0v) is 15.5. The molecule has 3 rings (SSSR count). The molecule has 2 aromatic heterocycles. The van der Waals surface area contributed by atoms with E-state index in [1.54, 1.807) is 25.6 Å². The second-order valence-electron chi connectivity index (χ2n) is 5.95. The summed E-state index contributed by atoms with van der Waals surface area (Å²) in [5.74, 6) is 1.48. The van der Waals surface area contributed by atoms with Crippen molar-refractivity contribution in [1.82, 2.24) is 25.4 Å². The largest absolute Gasteiger partial charge is 0.490 e. The number of pyridine rings is 1. The Morgan fingerprint density at radius 2 is 2.15 bits per heavy atom. The van der Waals surface area contributed by atoms with Gasteiger partial charge in [-0.15, -0.1) is 0 Å².